The lowest BCUT2D eigenvalue weighted by Gasteiger charge is -2.25. The second kappa shape index (κ2) is 10.3. The molecule has 0 aliphatic carbocycles. The van der Waals surface area contributed by atoms with Gasteiger partial charge in [0.1, 0.15) is 13.2 Å². The second-order valence-electron chi connectivity index (χ2n) is 7.63. The Kier molecular flexibility index (Phi) is 7.50. The van der Waals surface area contributed by atoms with Crippen molar-refractivity contribution in [1.82, 2.24) is 4.31 Å². The fourth-order valence-electron chi connectivity index (χ4n) is 3.67. The van der Waals surface area contributed by atoms with E-state index in [0.29, 0.717) is 54.3 Å². The summed E-state index contributed by atoms with van der Waals surface area (Å²) >= 11 is 7.70. The Bertz CT molecular complexity index is 1070. The summed E-state index contributed by atoms with van der Waals surface area (Å²) in [4.78, 5) is 12.6. The maximum absolute atomic E-state index is 12.7. The van der Waals surface area contributed by atoms with Gasteiger partial charge >= 0.3 is 0 Å². The number of nitrogens with one attached hydrogen (secondary N) is 1. The molecule has 0 bridgehead atoms. The van der Waals surface area contributed by atoms with Crippen LogP contribution >= 0.6 is 23.4 Å². The van der Waals surface area contributed by atoms with Crippen LogP contribution in [0.25, 0.3) is 0 Å². The molecule has 0 aromatic heterocycles. The molecule has 7 nitrogen and oxygen atoms in total. The Hall–Kier alpha value is -1.94. The normalized spacial score (nSPS) is 16.5. The molecular weight excluding hydrogens is 472 g/mol. The standard InChI is InChI=1S/C22H25ClN2O5S2/c23-19-12-16(13-20-22(19)30-11-10-29-20)14-31-15-21(26)24-17-4-6-18(7-5-17)32(27,28)25-8-2-1-3-9-25/h4-7,12-13H,1-3,8-11,14-15H2,(H,24,26). The van der Waals surface area contributed by atoms with Gasteiger partial charge in [-0.05, 0) is 54.8 Å². The summed E-state index contributed by atoms with van der Waals surface area (Å²) in [5, 5.41) is 3.31. The molecule has 0 radical (unpaired) electrons. The van der Waals surface area contributed by atoms with E-state index in [0.717, 1.165) is 24.8 Å². The van der Waals surface area contributed by atoms with Crippen molar-refractivity contribution in [3.63, 3.8) is 0 Å². The van der Waals surface area contributed by atoms with Crippen molar-refractivity contribution < 1.29 is 22.7 Å². The summed E-state index contributed by atoms with van der Waals surface area (Å²) in [6.07, 6.45) is 2.85. The first-order chi connectivity index (χ1) is 15.4. The van der Waals surface area contributed by atoms with Crippen LogP contribution in [-0.2, 0) is 20.6 Å². The summed E-state index contributed by atoms with van der Waals surface area (Å²) in [5.74, 6) is 1.88. The van der Waals surface area contributed by atoms with Crippen LogP contribution in [0.5, 0.6) is 11.5 Å². The van der Waals surface area contributed by atoms with E-state index in [4.69, 9.17) is 21.1 Å². The number of hydrogen-bond donors (Lipinski definition) is 1. The number of ether oxygens (including phenoxy) is 2. The Morgan fingerprint density at radius 3 is 2.53 bits per heavy atom. The number of piperidine rings is 1. The molecule has 4 rings (SSSR count). The lowest BCUT2D eigenvalue weighted by atomic mass is 10.2. The van der Waals surface area contributed by atoms with E-state index in [1.807, 2.05) is 12.1 Å². The van der Waals surface area contributed by atoms with Crippen LogP contribution in [0.1, 0.15) is 24.8 Å². The maximum atomic E-state index is 12.7. The minimum absolute atomic E-state index is 0.162. The van der Waals surface area contributed by atoms with Gasteiger partial charge in [0.2, 0.25) is 15.9 Å². The van der Waals surface area contributed by atoms with E-state index < -0.39 is 10.0 Å². The van der Waals surface area contributed by atoms with E-state index in [9.17, 15) is 13.2 Å². The minimum atomic E-state index is -3.48. The Labute approximate surface area is 197 Å². The van der Waals surface area contributed by atoms with E-state index in [2.05, 4.69) is 5.32 Å². The zero-order valence-electron chi connectivity index (χ0n) is 17.5. The largest absolute Gasteiger partial charge is 0.486 e. The molecule has 172 valence electrons. The van der Waals surface area contributed by atoms with Crippen molar-refractivity contribution in [1.29, 1.82) is 0 Å². The van der Waals surface area contributed by atoms with Gasteiger partial charge in [-0.25, -0.2) is 8.42 Å². The topological polar surface area (TPSA) is 84.9 Å². The molecule has 32 heavy (non-hydrogen) atoms. The number of nitrogens with zero attached hydrogens (tertiary/aromatic N) is 1. The van der Waals surface area contributed by atoms with E-state index in [1.54, 1.807) is 24.3 Å². The predicted molar refractivity (Wildman–Crippen MR) is 126 cm³/mol. The third kappa shape index (κ3) is 5.51. The molecule has 2 aromatic rings. The predicted octanol–water partition coefficient (Wildman–Crippen LogP) is 4.16. The number of carbonyl (C=O) groups excluding carboxylic acids is 1. The molecule has 2 aromatic carbocycles. The average molecular weight is 497 g/mol. The van der Waals surface area contributed by atoms with Gasteiger partial charge in [0.05, 0.1) is 15.7 Å². The Morgan fingerprint density at radius 1 is 1.06 bits per heavy atom. The van der Waals surface area contributed by atoms with Crippen molar-refractivity contribution in [2.24, 2.45) is 0 Å². The number of sulfonamides is 1. The van der Waals surface area contributed by atoms with Crippen molar-refractivity contribution in [3.8, 4) is 11.5 Å². The summed E-state index contributed by atoms with van der Waals surface area (Å²) < 4.78 is 38.1. The van der Waals surface area contributed by atoms with Gasteiger partial charge in [0.15, 0.2) is 11.5 Å². The van der Waals surface area contributed by atoms with Crippen molar-refractivity contribution in [2.45, 2.75) is 29.9 Å². The van der Waals surface area contributed by atoms with E-state index in [1.165, 1.54) is 16.1 Å². The highest BCUT2D eigenvalue weighted by molar-refractivity contribution is 7.99. The molecule has 0 unspecified atom stereocenters. The van der Waals surface area contributed by atoms with Gasteiger partial charge in [-0.1, -0.05) is 18.0 Å². The van der Waals surface area contributed by atoms with Gasteiger partial charge in [-0.15, -0.1) is 11.8 Å². The van der Waals surface area contributed by atoms with Crippen molar-refractivity contribution in [3.05, 3.63) is 47.0 Å². The van der Waals surface area contributed by atoms with Crippen LogP contribution in [0.3, 0.4) is 0 Å². The zero-order chi connectivity index (χ0) is 22.6. The summed E-state index contributed by atoms with van der Waals surface area (Å²) in [7, 11) is -3.48. The number of amides is 1. The van der Waals surface area contributed by atoms with E-state index >= 15 is 0 Å². The summed E-state index contributed by atoms with van der Waals surface area (Å²) in [6.45, 7) is 2.09. The van der Waals surface area contributed by atoms with Crippen LogP contribution in [0.2, 0.25) is 5.02 Å². The highest BCUT2D eigenvalue weighted by Crippen LogP contribution is 2.39. The van der Waals surface area contributed by atoms with Gasteiger partial charge in [0, 0.05) is 24.5 Å². The Morgan fingerprint density at radius 2 is 1.78 bits per heavy atom. The average Bonchev–Trinajstić information content (AvgIpc) is 2.80. The number of halogens is 1. The molecule has 10 heteroatoms. The second-order valence-corrected chi connectivity index (χ2v) is 11.0. The molecule has 1 N–H and O–H groups in total. The lowest BCUT2D eigenvalue weighted by molar-refractivity contribution is -0.113. The lowest BCUT2D eigenvalue weighted by Crippen LogP contribution is -2.35. The van der Waals surface area contributed by atoms with Gasteiger partial charge in [-0.3, -0.25) is 4.79 Å². The number of rotatable bonds is 7. The first-order valence-electron chi connectivity index (χ1n) is 10.5. The monoisotopic (exact) mass is 496 g/mol. The first-order valence-corrected chi connectivity index (χ1v) is 13.5. The number of thioether (sulfide) groups is 1. The van der Waals surface area contributed by atoms with Gasteiger partial charge in [0.25, 0.3) is 0 Å². The van der Waals surface area contributed by atoms with Crippen LogP contribution in [0.15, 0.2) is 41.3 Å². The molecule has 0 saturated carbocycles. The molecule has 1 fully saturated rings. The van der Waals surface area contributed by atoms with E-state index in [-0.39, 0.29) is 16.6 Å². The molecule has 1 amide bonds. The van der Waals surface area contributed by atoms with Crippen molar-refractivity contribution in [2.75, 3.05) is 37.4 Å². The summed E-state index contributed by atoms with van der Waals surface area (Å²) in [6, 6.07) is 10.0. The molecule has 2 aliphatic heterocycles. The van der Waals surface area contributed by atoms with Gasteiger partial charge < -0.3 is 14.8 Å². The van der Waals surface area contributed by atoms with Crippen molar-refractivity contribution >= 4 is 45.0 Å². The van der Waals surface area contributed by atoms with Gasteiger partial charge in [-0.2, -0.15) is 4.31 Å². The SMILES string of the molecule is O=C(CSCc1cc(Cl)c2c(c1)OCCO2)Nc1ccc(S(=O)(=O)N2CCCCC2)cc1. The third-order valence-corrected chi connectivity index (χ3v) is 8.45. The number of carbonyl (C=O) groups is 1. The smallest absolute Gasteiger partial charge is 0.243 e. The fraction of sp³-hybridized carbons (Fsp3) is 0.409. The molecule has 1 saturated heterocycles. The molecule has 2 aliphatic rings. The number of anilines is 1. The number of fused-ring (bicyclic) bond motifs is 1. The molecule has 0 spiro atoms. The third-order valence-electron chi connectivity index (χ3n) is 5.25. The van der Waals surface area contributed by atoms with Crippen LogP contribution in [0, 0.1) is 0 Å². The first kappa shape index (κ1) is 23.2. The minimum Gasteiger partial charge on any atom is -0.486 e. The highest BCUT2D eigenvalue weighted by atomic mass is 35.5. The van der Waals surface area contributed by atoms with Crippen LogP contribution in [0.4, 0.5) is 5.69 Å². The quantitative estimate of drug-likeness (QED) is 0.619. The number of benzene rings is 2. The molecular formula is C22H25ClN2O5S2. The van der Waals surface area contributed by atoms with Crippen LogP contribution in [-0.4, -0.2) is 50.7 Å². The zero-order valence-corrected chi connectivity index (χ0v) is 19.9. The fourth-order valence-corrected chi connectivity index (χ4v) is 6.24. The Balaban J connectivity index is 1.28. The number of hydrogen-bond acceptors (Lipinski definition) is 6. The summed E-state index contributed by atoms with van der Waals surface area (Å²) in [5.41, 5.74) is 1.51. The molecule has 0 atom stereocenters. The van der Waals surface area contributed by atoms with Crippen LogP contribution < -0.4 is 14.8 Å². The highest BCUT2D eigenvalue weighted by Gasteiger charge is 2.25. The molecule has 2 heterocycles. The maximum Gasteiger partial charge on any atom is 0.243 e.